The molecule has 3 heterocycles. The third-order valence-electron chi connectivity index (χ3n) is 7.25. The molecule has 7 nitrogen and oxygen atoms in total. The van der Waals surface area contributed by atoms with E-state index in [9.17, 15) is 4.79 Å². The van der Waals surface area contributed by atoms with Crippen molar-refractivity contribution in [3.05, 3.63) is 152 Å². The van der Waals surface area contributed by atoms with Crippen LogP contribution in [0.5, 0.6) is 0 Å². The van der Waals surface area contributed by atoms with Gasteiger partial charge in [0.05, 0.1) is 0 Å². The number of benzene rings is 3. The number of rotatable bonds is 7. The summed E-state index contributed by atoms with van der Waals surface area (Å²) in [5.74, 6) is 1.05. The summed E-state index contributed by atoms with van der Waals surface area (Å²) < 4.78 is 13.8. The van der Waals surface area contributed by atoms with Gasteiger partial charge in [0.1, 0.15) is 0 Å². The number of allylic oxidation sites excluding steroid dienone is 5. The standard InChI is InChI=1S/C37H30N4O3Se/c1-38-35(36-39-32-8-6-7-9-34(32)45-36)27-21-30(18-12-24-10-15-28(16-11-24)40(2)3)43-31(22-27)19-14-26-20-25-13-17-29(41(4)5)23-33(25)44-37(26)42/h6-23H,2-5H3/b18-12+,19-14+,35-27+. The zero-order valence-corrected chi connectivity index (χ0v) is 27.0. The first-order chi connectivity index (χ1) is 21.8. The van der Waals surface area contributed by atoms with E-state index in [0.717, 1.165) is 36.7 Å². The molecule has 0 aliphatic carbocycles. The van der Waals surface area contributed by atoms with Crippen molar-refractivity contribution in [2.24, 2.45) is 0 Å². The van der Waals surface area contributed by atoms with Crippen LogP contribution in [0.1, 0.15) is 15.7 Å². The maximum atomic E-state index is 12.9. The van der Waals surface area contributed by atoms with Crippen molar-refractivity contribution in [1.29, 1.82) is 0 Å². The molecule has 8 heteroatoms. The molecule has 0 fully saturated rings. The van der Waals surface area contributed by atoms with Crippen LogP contribution in [0.3, 0.4) is 0 Å². The van der Waals surface area contributed by atoms with Crippen LogP contribution in [0, 0.1) is 6.57 Å². The van der Waals surface area contributed by atoms with E-state index in [0.29, 0.717) is 33.9 Å². The van der Waals surface area contributed by atoms with Crippen LogP contribution < -0.4 is 15.4 Å². The minimum atomic E-state index is -0.443. The molecule has 0 N–H and O–H groups in total. The minimum absolute atomic E-state index is 0.0832. The second kappa shape index (κ2) is 12.7. The van der Waals surface area contributed by atoms with Gasteiger partial charge >= 0.3 is 230 Å². The van der Waals surface area contributed by atoms with Gasteiger partial charge in [0.2, 0.25) is 0 Å². The molecule has 1 aliphatic rings. The number of para-hydroxylation sites is 1. The molecule has 6 rings (SSSR count). The van der Waals surface area contributed by atoms with Gasteiger partial charge in [-0.05, 0) is 0 Å². The first-order valence-corrected chi connectivity index (χ1v) is 16.0. The summed E-state index contributed by atoms with van der Waals surface area (Å²) in [7, 11) is 7.89. The molecular weight excluding hydrogens is 627 g/mol. The topological polar surface area (TPSA) is 63.2 Å². The summed E-state index contributed by atoms with van der Waals surface area (Å²) in [4.78, 5) is 25.6. The average Bonchev–Trinajstić information content (AvgIpc) is 3.47. The first-order valence-electron chi connectivity index (χ1n) is 14.2. The van der Waals surface area contributed by atoms with Gasteiger partial charge in [-0.1, -0.05) is 0 Å². The van der Waals surface area contributed by atoms with Crippen molar-refractivity contribution in [3.63, 3.8) is 0 Å². The van der Waals surface area contributed by atoms with Crippen LogP contribution >= 0.6 is 0 Å². The summed E-state index contributed by atoms with van der Waals surface area (Å²) in [6, 6.07) is 23.8. The number of fused-ring (bicyclic) bond motifs is 2. The first kappa shape index (κ1) is 29.7. The Bertz CT molecular complexity index is 2140. The van der Waals surface area contributed by atoms with Gasteiger partial charge in [0.15, 0.2) is 0 Å². The molecule has 2 aromatic heterocycles. The summed E-state index contributed by atoms with van der Waals surface area (Å²) in [5, 5.41) is 0.819. The number of hydrogen-bond donors (Lipinski definition) is 0. The molecule has 0 amide bonds. The third kappa shape index (κ3) is 6.61. The zero-order valence-electron chi connectivity index (χ0n) is 25.3. The van der Waals surface area contributed by atoms with Crippen molar-refractivity contribution in [1.82, 2.24) is 4.98 Å². The van der Waals surface area contributed by atoms with Crippen molar-refractivity contribution in [3.8, 4) is 0 Å². The summed E-state index contributed by atoms with van der Waals surface area (Å²) in [6.45, 7) is 8.07. The Kier molecular flexibility index (Phi) is 8.39. The van der Waals surface area contributed by atoms with Gasteiger partial charge < -0.3 is 4.90 Å². The summed E-state index contributed by atoms with van der Waals surface area (Å²) in [5.41, 5.74) is 5.65. The normalized spacial score (nSPS) is 14.4. The van der Waals surface area contributed by atoms with Crippen LogP contribution in [0.25, 0.3) is 43.4 Å². The van der Waals surface area contributed by atoms with E-state index in [-0.39, 0.29) is 14.5 Å². The van der Waals surface area contributed by atoms with Gasteiger partial charge in [0, 0.05) is 33.9 Å². The molecule has 0 atom stereocenters. The number of anilines is 2. The zero-order chi connectivity index (χ0) is 31.5. The number of aromatic nitrogens is 1. The summed E-state index contributed by atoms with van der Waals surface area (Å²) in [6.07, 6.45) is 11.0. The SMILES string of the molecule is [C-]#[N+]/C(=C1C=C(/C=C/c2ccc(N(C)C)cc2)OC(/C=C/c2cc3ccc(N(C)C)cc3oc2=O)=C\1)c1nc2ccccc2[se]1. The Labute approximate surface area is 267 Å². The summed E-state index contributed by atoms with van der Waals surface area (Å²) >= 11 is -0.0832. The van der Waals surface area contributed by atoms with Crippen LogP contribution in [-0.2, 0) is 4.74 Å². The molecule has 0 spiro atoms. The maximum absolute atomic E-state index is 12.9. The van der Waals surface area contributed by atoms with E-state index in [1.165, 1.54) is 0 Å². The fraction of sp³-hybridized carbons (Fsp3) is 0.108. The Balaban J connectivity index is 1.38. The molecule has 0 saturated heterocycles. The van der Waals surface area contributed by atoms with Crippen LogP contribution in [0.15, 0.2) is 123 Å². The molecular formula is C37H30N4O3Se. The van der Waals surface area contributed by atoms with Crippen molar-refractivity contribution < 1.29 is 9.15 Å². The van der Waals surface area contributed by atoms with Crippen LogP contribution in [-0.4, -0.2) is 47.7 Å². The predicted molar refractivity (Wildman–Crippen MR) is 185 cm³/mol. The van der Waals surface area contributed by atoms with E-state index in [2.05, 4.69) is 27.9 Å². The second-order valence-electron chi connectivity index (χ2n) is 10.9. The van der Waals surface area contributed by atoms with E-state index in [4.69, 9.17) is 20.7 Å². The fourth-order valence-electron chi connectivity index (χ4n) is 4.80. The molecule has 3 aromatic carbocycles. The molecule has 0 saturated carbocycles. The van der Waals surface area contributed by atoms with Gasteiger partial charge in [0.25, 0.3) is 0 Å². The predicted octanol–water partition coefficient (Wildman–Crippen LogP) is 7.39. The Morgan fingerprint density at radius 2 is 1.53 bits per heavy atom. The quantitative estimate of drug-likeness (QED) is 0.103. The molecule has 45 heavy (non-hydrogen) atoms. The molecule has 5 aromatic rings. The van der Waals surface area contributed by atoms with Gasteiger partial charge in [-0.15, -0.1) is 0 Å². The Hall–Kier alpha value is -5.35. The van der Waals surface area contributed by atoms with E-state index < -0.39 is 5.63 Å². The fourth-order valence-corrected chi connectivity index (χ4v) is 6.85. The van der Waals surface area contributed by atoms with Gasteiger partial charge in [-0.2, -0.15) is 0 Å². The van der Waals surface area contributed by atoms with Gasteiger partial charge in [-0.3, -0.25) is 0 Å². The molecule has 222 valence electrons. The van der Waals surface area contributed by atoms with E-state index in [1.54, 1.807) is 12.2 Å². The number of nitrogens with zero attached hydrogens (tertiary/aromatic N) is 4. The number of ether oxygens (including phenoxy) is 1. The van der Waals surface area contributed by atoms with Crippen molar-refractivity contribution in [2.45, 2.75) is 0 Å². The van der Waals surface area contributed by atoms with Gasteiger partial charge in [-0.25, -0.2) is 0 Å². The second-order valence-corrected chi connectivity index (χ2v) is 13.0. The molecule has 0 radical (unpaired) electrons. The molecule has 1 aliphatic heterocycles. The Morgan fingerprint density at radius 3 is 2.22 bits per heavy atom. The van der Waals surface area contributed by atoms with Crippen molar-refractivity contribution >= 4 is 64.5 Å². The molecule has 0 unspecified atom stereocenters. The average molecular weight is 658 g/mol. The third-order valence-corrected chi connectivity index (χ3v) is 9.44. The van der Waals surface area contributed by atoms with Crippen LogP contribution in [0.4, 0.5) is 11.4 Å². The van der Waals surface area contributed by atoms with Crippen molar-refractivity contribution in [2.75, 3.05) is 38.0 Å². The number of hydrogen-bond acceptors (Lipinski definition) is 6. The van der Waals surface area contributed by atoms with E-state index >= 15 is 0 Å². The molecule has 0 bridgehead atoms. The Morgan fingerprint density at radius 1 is 0.844 bits per heavy atom. The monoisotopic (exact) mass is 658 g/mol. The van der Waals surface area contributed by atoms with E-state index in [1.807, 2.05) is 112 Å². The van der Waals surface area contributed by atoms with Crippen LogP contribution in [0.2, 0.25) is 0 Å².